The fourth-order valence-corrected chi connectivity index (χ4v) is 4.43. The number of carbonyl (C=O) groups excluding carboxylic acids is 1. The van der Waals surface area contributed by atoms with Crippen LogP contribution in [0.25, 0.3) is 0 Å². The number of amides is 1. The molecule has 0 aliphatic carbocycles. The maximum atomic E-state index is 12.6. The minimum absolute atomic E-state index is 0.226. The summed E-state index contributed by atoms with van der Waals surface area (Å²) in [5, 5.41) is 5.40. The highest BCUT2D eigenvalue weighted by Crippen LogP contribution is 2.28. The van der Waals surface area contributed by atoms with Gasteiger partial charge in [0.25, 0.3) is 5.91 Å². The molecule has 158 valence electrons. The predicted molar refractivity (Wildman–Crippen MR) is 122 cm³/mol. The van der Waals surface area contributed by atoms with Crippen LogP contribution in [-0.4, -0.2) is 31.7 Å². The zero-order valence-corrected chi connectivity index (χ0v) is 18.8. The van der Waals surface area contributed by atoms with Crippen LogP contribution >= 0.6 is 23.1 Å². The van der Waals surface area contributed by atoms with Gasteiger partial charge in [-0.1, -0.05) is 12.1 Å². The van der Waals surface area contributed by atoms with Crippen molar-refractivity contribution in [2.75, 3.05) is 26.1 Å². The number of hydrogen-bond donors (Lipinski definition) is 1. The number of para-hydroxylation sites is 1. The number of nitrogens with zero attached hydrogens (tertiary/aromatic N) is 1. The number of thioether (sulfide) groups is 1. The van der Waals surface area contributed by atoms with Crippen LogP contribution < -0.4 is 19.5 Å². The van der Waals surface area contributed by atoms with Crippen LogP contribution in [0.2, 0.25) is 0 Å². The maximum Gasteiger partial charge on any atom is 0.261 e. The monoisotopic (exact) mass is 444 g/mol. The Morgan fingerprint density at radius 2 is 1.83 bits per heavy atom. The Hall–Kier alpha value is -2.71. The van der Waals surface area contributed by atoms with E-state index >= 15 is 0 Å². The van der Waals surface area contributed by atoms with Crippen LogP contribution in [0.1, 0.15) is 28.5 Å². The Kier molecular flexibility index (Phi) is 7.98. The second-order valence-electron chi connectivity index (χ2n) is 6.24. The number of nitrogens with one attached hydrogen (secondary N) is 1. The van der Waals surface area contributed by atoms with E-state index in [1.54, 1.807) is 38.1 Å². The first-order valence-electron chi connectivity index (χ1n) is 9.40. The Morgan fingerprint density at radius 3 is 2.53 bits per heavy atom. The minimum atomic E-state index is -0.226. The number of carbonyl (C=O) groups is 1. The molecule has 3 rings (SSSR count). The second-order valence-corrected chi connectivity index (χ2v) is 8.08. The van der Waals surface area contributed by atoms with Crippen molar-refractivity contribution in [3.05, 3.63) is 64.7 Å². The highest BCUT2D eigenvalue weighted by Gasteiger charge is 2.14. The van der Waals surface area contributed by atoms with Crippen molar-refractivity contribution < 1.29 is 19.0 Å². The topological polar surface area (TPSA) is 69.7 Å². The summed E-state index contributed by atoms with van der Waals surface area (Å²) < 4.78 is 16.2. The van der Waals surface area contributed by atoms with Crippen molar-refractivity contribution >= 4 is 34.1 Å². The third-order valence-corrected chi connectivity index (χ3v) is 5.98. The molecule has 0 bridgehead atoms. The molecule has 0 saturated carbocycles. The summed E-state index contributed by atoms with van der Waals surface area (Å²) >= 11 is 3.15. The van der Waals surface area contributed by atoms with Gasteiger partial charge >= 0.3 is 0 Å². The molecule has 0 radical (unpaired) electrons. The molecule has 0 unspecified atom stereocenters. The molecule has 1 amide bonds. The largest absolute Gasteiger partial charge is 0.497 e. The number of hydrogen-bond acceptors (Lipinski definition) is 7. The molecule has 3 aromatic rings. The van der Waals surface area contributed by atoms with Gasteiger partial charge in [-0.3, -0.25) is 10.1 Å². The van der Waals surface area contributed by atoms with E-state index in [0.717, 1.165) is 34.3 Å². The Balaban J connectivity index is 1.56. The lowest BCUT2D eigenvalue weighted by molar-refractivity contribution is 0.102. The van der Waals surface area contributed by atoms with Gasteiger partial charge in [-0.25, -0.2) is 4.98 Å². The van der Waals surface area contributed by atoms with Crippen LogP contribution in [0.15, 0.2) is 47.8 Å². The number of methoxy groups -OCH3 is 2. The van der Waals surface area contributed by atoms with Gasteiger partial charge in [0, 0.05) is 23.0 Å². The SMILES string of the molecule is CCOc1ccccc1C(=O)Nc1nc(CSCc2cc(OC)cc(OC)c2)cs1. The van der Waals surface area contributed by atoms with E-state index in [4.69, 9.17) is 14.2 Å². The van der Waals surface area contributed by atoms with E-state index in [0.29, 0.717) is 23.1 Å². The Morgan fingerprint density at radius 1 is 1.10 bits per heavy atom. The zero-order chi connectivity index (χ0) is 21.3. The lowest BCUT2D eigenvalue weighted by Crippen LogP contribution is -2.13. The van der Waals surface area contributed by atoms with Gasteiger partial charge in [0.05, 0.1) is 32.1 Å². The molecule has 6 nitrogen and oxygen atoms in total. The summed E-state index contributed by atoms with van der Waals surface area (Å²) in [4.78, 5) is 17.1. The van der Waals surface area contributed by atoms with E-state index < -0.39 is 0 Å². The molecule has 1 heterocycles. The molecule has 0 atom stereocenters. The van der Waals surface area contributed by atoms with E-state index in [1.165, 1.54) is 11.3 Å². The summed E-state index contributed by atoms with van der Waals surface area (Å²) in [6.45, 7) is 2.39. The van der Waals surface area contributed by atoms with E-state index in [-0.39, 0.29) is 5.91 Å². The summed E-state index contributed by atoms with van der Waals surface area (Å²) in [6, 6.07) is 13.0. The van der Waals surface area contributed by atoms with Crippen molar-refractivity contribution in [1.82, 2.24) is 4.98 Å². The number of benzene rings is 2. The average Bonchev–Trinajstić information content (AvgIpc) is 3.21. The third kappa shape index (κ3) is 5.90. The molecule has 0 aliphatic rings. The fourth-order valence-electron chi connectivity index (χ4n) is 2.75. The lowest BCUT2D eigenvalue weighted by Gasteiger charge is -2.09. The normalized spacial score (nSPS) is 10.5. The molecule has 30 heavy (non-hydrogen) atoms. The first kappa shape index (κ1) is 22.0. The average molecular weight is 445 g/mol. The van der Waals surface area contributed by atoms with Gasteiger partial charge in [-0.2, -0.15) is 11.8 Å². The van der Waals surface area contributed by atoms with Gasteiger partial charge < -0.3 is 14.2 Å². The third-order valence-electron chi connectivity index (χ3n) is 4.13. The Labute approximate surface area is 184 Å². The van der Waals surface area contributed by atoms with Gasteiger partial charge in [0.1, 0.15) is 17.2 Å². The standard InChI is InChI=1S/C22H24N2O4S2/c1-4-28-20-8-6-5-7-19(20)21(25)24-22-23-16(14-30-22)13-29-12-15-9-17(26-2)11-18(10-15)27-3/h5-11,14H,4,12-13H2,1-3H3,(H,23,24,25). The first-order chi connectivity index (χ1) is 14.6. The van der Waals surface area contributed by atoms with Crippen molar-refractivity contribution in [2.24, 2.45) is 0 Å². The number of aromatic nitrogens is 1. The molecule has 1 aromatic heterocycles. The molecule has 0 aliphatic heterocycles. The van der Waals surface area contributed by atoms with Gasteiger partial charge in [0.15, 0.2) is 5.13 Å². The summed E-state index contributed by atoms with van der Waals surface area (Å²) in [5.41, 5.74) is 2.54. The highest BCUT2D eigenvalue weighted by atomic mass is 32.2. The van der Waals surface area contributed by atoms with Crippen molar-refractivity contribution in [1.29, 1.82) is 0 Å². The first-order valence-corrected chi connectivity index (χ1v) is 11.4. The number of ether oxygens (including phenoxy) is 3. The van der Waals surface area contributed by atoms with Crippen LogP contribution in [0, 0.1) is 0 Å². The zero-order valence-electron chi connectivity index (χ0n) is 17.1. The Bertz CT molecular complexity index is 969. The smallest absolute Gasteiger partial charge is 0.261 e. The lowest BCUT2D eigenvalue weighted by atomic mass is 10.2. The molecule has 0 fully saturated rings. The van der Waals surface area contributed by atoms with Gasteiger partial charge in [0.2, 0.25) is 0 Å². The van der Waals surface area contributed by atoms with Crippen LogP contribution in [0.5, 0.6) is 17.2 Å². The molecule has 2 aromatic carbocycles. The van der Waals surface area contributed by atoms with Crippen molar-refractivity contribution in [3.8, 4) is 17.2 Å². The molecule has 0 spiro atoms. The summed E-state index contributed by atoms with van der Waals surface area (Å²) in [6.07, 6.45) is 0. The maximum absolute atomic E-state index is 12.6. The molecule has 1 N–H and O–H groups in total. The minimum Gasteiger partial charge on any atom is -0.497 e. The van der Waals surface area contributed by atoms with Crippen LogP contribution in [0.3, 0.4) is 0 Å². The van der Waals surface area contributed by atoms with Crippen molar-refractivity contribution in [2.45, 2.75) is 18.4 Å². The number of anilines is 1. The van der Waals surface area contributed by atoms with E-state index in [2.05, 4.69) is 10.3 Å². The quantitative estimate of drug-likeness (QED) is 0.461. The number of rotatable bonds is 10. The van der Waals surface area contributed by atoms with Crippen LogP contribution in [0.4, 0.5) is 5.13 Å². The van der Waals surface area contributed by atoms with Gasteiger partial charge in [-0.15, -0.1) is 11.3 Å². The predicted octanol–water partition coefficient (Wildman–Crippen LogP) is 5.24. The van der Waals surface area contributed by atoms with Gasteiger partial charge in [-0.05, 0) is 36.8 Å². The van der Waals surface area contributed by atoms with E-state index in [1.807, 2.05) is 42.6 Å². The summed E-state index contributed by atoms with van der Waals surface area (Å²) in [5.74, 6) is 3.43. The molecule has 8 heteroatoms. The summed E-state index contributed by atoms with van der Waals surface area (Å²) in [7, 11) is 3.28. The molecular weight excluding hydrogens is 420 g/mol. The van der Waals surface area contributed by atoms with Crippen LogP contribution in [-0.2, 0) is 11.5 Å². The second kappa shape index (κ2) is 10.9. The van der Waals surface area contributed by atoms with E-state index in [9.17, 15) is 4.79 Å². The molecular formula is C22H24N2O4S2. The fraction of sp³-hybridized carbons (Fsp3) is 0.273. The van der Waals surface area contributed by atoms with Crippen molar-refractivity contribution in [3.63, 3.8) is 0 Å². The molecule has 0 saturated heterocycles. The highest BCUT2D eigenvalue weighted by molar-refractivity contribution is 7.97. The number of thiazole rings is 1.